The zero-order valence-corrected chi connectivity index (χ0v) is 8.18. The van der Waals surface area contributed by atoms with Gasteiger partial charge in [0, 0.05) is 11.8 Å². The lowest BCUT2D eigenvalue weighted by Gasteiger charge is -2.60. The van der Waals surface area contributed by atoms with E-state index in [4.69, 9.17) is 4.74 Å². The minimum absolute atomic E-state index is 0.0298. The van der Waals surface area contributed by atoms with Crippen LogP contribution in [0.3, 0.4) is 0 Å². The maximum Gasteiger partial charge on any atom is 0.310 e. The maximum atomic E-state index is 11.3. The summed E-state index contributed by atoms with van der Waals surface area (Å²) >= 11 is 0. The first-order valence-corrected chi connectivity index (χ1v) is 5.49. The Hall–Kier alpha value is -1.06. The van der Waals surface area contributed by atoms with Gasteiger partial charge in [-0.25, -0.2) is 0 Å². The van der Waals surface area contributed by atoms with Gasteiger partial charge in [0.2, 0.25) is 0 Å². The van der Waals surface area contributed by atoms with Crippen LogP contribution in [0.15, 0.2) is 0 Å². The highest BCUT2D eigenvalue weighted by atomic mass is 16.5. The number of ether oxygens (including phenoxy) is 1. The molecule has 0 aromatic carbocycles. The zero-order chi connectivity index (χ0) is 10.4. The van der Waals surface area contributed by atoms with Gasteiger partial charge in [0.1, 0.15) is 6.10 Å². The van der Waals surface area contributed by atoms with Gasteiger partial charge in [-0.3, -0.25) is 9.59 Å². The summed E-state index contributed by atoms with van der Waals surface area (Å²) in [5, 5.41) is 9.27. The SMILES string of the molecule is O=COC1C2CC3(C(=O)O)CC34CC1C24. The first kappa shape index (κ1) is 8.13. The lowest BCUT2D eigenvalue weighted by molar-refractivity contribution is -0.204. The fourth-order valence-corrected chi connectivity index (χ4v) is 5.12. The molecular weight excluding hydrogens is 196 g/mol. The van der Waals surface area contributed by atoms with Crippen LogP contribution in [0.2, 0.25) is 0 Å². The van der Waals surface area contributed by atoms with Crippen molar-refractivity contribution in [3.8, 4) is 0 Å². The van der Waals surface area contributed by atoms with E-state index >= 15 is 0 Å². The molecule has 80 valence electrons. The van der Waals surface area contributed by atoms with Crippen LogP contribution in [-0.4, -0.2) is 23.7 Å². The first-order chi connectivity index (χ1) is 7.16. The molecule has 6 atom stereocenters. The van der Waals surface area contributed by atoms with Gasteiger partial charge < -0.3 is 9.84 Å². The van der Waals surface area contributed by atoms with Gasteiger partial charge in [-0.2, -0.15) is 0 Å². The maximum absolute atomic E-state index is 11.3. The van der Waals surface area contributed by atoms with E-state index in [1.807, 2.05) is 0 Å². The number of carbonyl (C=O) groups is 2. The highest BCUT2D eigenvalue weighted by Gasteiger charge is 2.91. The van der Waals surface area contributed by atoms with Gasteiger partial charge in [-0.15, -0.1) is 0 Å². The Morgan fingerprint density at radius 2 is 2.13 bits per heavy atom. The molecule has 4 aliphatic rings. The van der Waals surface area contributed by atoms with Crippen molar-refractivity contribution in [3.05, 3.63) is 0 Å². The Bertz CT molecular complexity index is 392. The lowest BCUT2D eigenvalue weighted by atomic mass is 9.46. The van der Waals surface area contributed by atoms with E-state index in [0.717, 1.165) is 19.3 Å². The number of hydrogen-bond acceptors (Lipinski definition) is 3. The van der Waals surface area contributed by atoms with Gasteiger partial charge in [0.05, 0.1) is 5.41 Å². The summed E-state index contributed by atoms with van der Waals surface area (Å²) in [6, 6.07) is 0. The molecule has 4 aliphatic carbocycles. The van der Waals surface area contributed by atoms with Crippen LogP contribution < -0.4 is 0 Å². The van der Waals surface area contributed by atoms with Gasteiger partial charge in [-0.1, -0.05) is 0 Å². The molecule has 4 fully saturated rings. The fourth-order valence-electron chi connectivity index (χ4n) is 5.12. The Kier molecular flexibility index (Phi) is 1.04. The number of carboxylic acids is 1. The summed E-state index contributed by atoms with van der Waals surface area (Å²) in [6.07, 6.45) is 2.61. The van der Waals surface area contributed by atoms with Gasteiger partial charge >= 0.3 is 5.97 Å². The van der Waals surface area contributed by atoms with Crippen LogP contribution in [0, 0.1) is 28.6 Å². The number of carbonyl (C=O) groups excluding carboxylic acids is 1. The Balaban J connectivity index is 1.66. The first-order valence-electron chi connectivity index (χ1n) is 5.49. The fraction of sp³-hybridized carbons (Fsp3) is 0.818. The van der Waals surface area contributed by atoms with E-state index in [2.05, 4.69) is 0 Å². The molecule has 0 bridgehead atoms. The highest BCUT2D eigenvalue weighted by molar-refractivity contribution is 5.82. The Labute approximate surface area is 86.6 Å². The molecule has 0 heterocycles. The second-order valence-corrected chi connectivity index (χ2v) is 5.68. The number of rotatable bonds is 3. The topological polar surface area (TPSA) is 63.6 Å². The third kappa shape index (κ3) is 0.553. The van der Waals surface area contributed by atoms with Crippen LogP contribution in [0.5, 0.6) is 0 Å². The molecule has 1 N–H and O–H groups in total. The van der Waals surface area contributed by atoms with Crippen molar-refractivity contribution >= 4 is 12.4 Å². The quantitative estimate of drug-likeness (QED) is 0.692. The van der Waals surface area contributed by atoms with Crippen molar-refractivity contribution in [2.45, 2.75) is 25.4 Å². The van der Waals surface area contributed by atoms with Gasteiger partial charge in [-0.05, 0) is 30.6 Å². The monoisotopic (exact) mass is 208 g/mol. The molecule has 6 unspecified atom stereocenters. The van der Waals surface area contributed by atoms with Crippen LogP contribution in [0.4, 0.5) is 0 Å². The van der Waals surface area contributed by atoms with E-state index in [-0.39, 0.29) is 11.5 Å². The average molecular weight is 208 g/mol. The predicted octanol–water partition coefficient (Wildman–Crippen LogP) is 0.659. The van der Waals surface area contributed by atoms with Crippen molar-refractivity contribution in [1.82, 2.24) is 0 Å². The van der Waals surface area contributed by atoms with Crippen molar-refractivity contribution in [3.63, 3.8) is 0 Å². The Morgan fingerprint density at radius 1 is 1.40 bits per heavy atom. The van der Waals surface area contributed by atoms with Crippen molar-refractivity contribution in [1.29, 1.82) is 0 Å². The lowest BCUT2D eigenvalue weighted by Crippen LogP contribution is -2.61. The zero-order valence-electron chi connectivity index (χ0n) is 8.18. The second kappa shape index (κ2) is 1.93. The molecule has 0 aliphatic heterocycles. The predicted molar refractivity (Wildman–Crippen MR) is 47.8 cm³/mol. The third-order valence-electron chi connectivity index (χ3n) is 5.66. The third-order valence-corrected chi connectivity index (χ3v) is 5.66. The van der Waals surface area contributed by atoms with Crippen LogP contribution in [-0.2, 0) is 14.3 Å². The normalized spacial score (nSPS) is 61.9. The second-order valence-electron chi connectivity index (χ2n) is 5.68. The van der Waals surface area contributed by atoms with Gasteiger partial charge in [0.25, 0.3) is 6.47 Å². The number of carboxylic acid groups (broad SMARTS) is 1. The van der Waals surface area contributed by atoms with Crippen molar-refractivity contribution in [2.24, 2.45) is 28.6 Å². The summed E-state index contributed by atoms with van der Waals surface area (Å²) in [5.41, 5.74) is -0.309. The average Bonchev–Trinajstić information content (AvgIpc) is 2.79. The summed E-state index contributed by atoms with van der Waals surface area (Å²) in [4.78, 5) is 21.6. The van der Waals surface area contributed by atoms with Crippen molar-refractivity contribution in [2.75, 3.05) is 0 Å². The smallest absolute Gasteiger partial charge is 0.310 e. The van der Waals surface area contributed by atoms with Crippen LogP contribution in [0.25, 0.3) is 0 Å². The number of hydrogen-bond donors (Lipinski definition) is 1. The van der Waals surface area contributed by atoms with E-state index in [9.17, 15) is 14.7 Å². The summed E-state index contributed by atoms with van der Waals surface area (Å²) in [6.45, 7) is 0.517. The summed E-state index contributed by atoms with van der Waals surface area (Å²) < 4.78 is 5.06. The largest absolute Gasteiger partial charge is 0.481 e. The van der Waals surface area contributed by atoms with E-state index in [1.165, 1.54) is 0 Å². The molecule has 1 spiro atoms. The minimum Gasteiger partial charge on any atom is -0.481 e. The van der Waals surface area contributed by atoms with Crippen molar-refractivity contribution < 1.29 is 19.4 Å². The standard InChI is InChI=1S/C11H12O4/c12-4-15-8-5-1-10-3-11(10,9(13)14)2-6(8)7(5)10/h4-8H,1-3H2,(H,13,14). The minimum atomic E-state index is -0.625. The Morgan fingerprint density at radius 3 is 2.80 bits per heavy atom. The van der Waals surface area contributed by atoms with E-state index in [0.29, 0.717) is 24.2 Å². The molecule has 0 saturated heterocycles. The molecule has 0 aromatic rings. The molecule has 0 amide bonds. The molecule has 0 aromatic heterocycles. The van der Waals surface area contributed by atoms with Crippen LogP contribution in [0.1, 0.15) is 19.3 Å². The molecule has 0 radical (unpaired) electrons. The molecule has 4 nitrogen and oxygen atoms in total. The van der Waals surface area contributed by atoms with E-state index in [1.54, 1.807) is 0 Å². The summed E-state index contributed by atoms with van der Waals surface area (Å²) in [7, 11) is 0. The highest BCUT2D eigenvalue weighted by Crippen LogP contribution is 2.91. The van der Waals surface area contributed by atoms with E-state index < -0.39 is 11.4 Å². The van der Waals surface area contributed by atoms with Gasteiger partial charge in [0.15, 0.2) is 0 Å². The number of aliphatic carboxylic acids is 1. The molecule has 4 heteroatoms. The molecule has 15 heavy (non-hydrogen) atoms. The van der Waals surface area contributed by atoms with Crippen LogP contribution >= 0.6 is 0 Å². The summed E-state index contributed by atoms with van der Waals surface area (Å²) in [5.74, 6) is 0.751. The molecule has 4 saturated carbocycles. The molecule has 4 rings (SSSR count). The molecular formula is C11H12O4.